The van der Waals surface area contributed by atoms with Crippen molar-refractivity contribution in [1.82, 2.24) is 29.6 Å². The predicted molar refractivity (Wildman–Crippen MR) is 132 cm³/mol. The van der Waals surface area contributed by atoms with E-state index < -0.39 is 5.60 Å². The highest BCUT2D eigenvalue weighted by Gasteiger charge is 2.42. The molecule has 1 atom stereocenters. The summed E-state index contributed by atoms with van der Waals surface area (Å²) in [6.45, 7) is 1.58. The third-order valence-electron chi connectivity index (χ3n) is 6.00. The van der Waals surface area contributed by atoms with Gasteiger partial charge in [0.2, 0.25) is 5.60 Å². The lowest BCUT2D eigenvalue weighted by Gasteiger charge is -2.13. The molecule has 10 heteroatoms. The molecule has 1 fully saturated rings. The number of carbonyl (C=O) groups excluding carboxylic acids is 1. The second-order valence-corrected chi connectivity index (χ2v) is 8.46. The fourth-order valence-electron chi connectivity index (χ4n) is 4.05. The molecule has 0 aliphatic carbocycles. The Balaban J connectivity index is 1.50. The Kier molecular flexibility index (Phi) is 5.64. The van der Waals surface area contributed by atoms with Crippen LogP contribution in [0, 0.1) is 11.8 Å². The first kappa shape index (κ1) is 22.5. The number of amides is 1. The molecule has 10 nitrogen and oxygen atoms in total. The molecule has 176 valence electrons. The zero-order valence-electron chi connectivity index (χ0n) is 19.1. The number of aliphatic hydroxyl groups is 1. The van der Waals surface area contributed by atoms with E-state index in [-0.39, 0.29) is 12.3 Å². The molecule has 4 heterocycles. The second-order valence-electron chi connectivity index (χ2n) is 8.46. The number of nitrogens with two attached hydrogens (primary N) is 2. The summed E-state index contributed by atoms with van der Waals surface area (Å²) in [4.78, 5) is 27.2. The Labute approximate surface area is 201 Å². The molecule has 0 bridgehead atoms. The Bertz CT molecular complexity index is 1500. The fraction of sp³-hybridized carbons (Fsp3) is 0.240. The second kappa shape index (κ2) is 8.79. The van der Waals surface area contributed by atoms with Crippen LogP contribution in [0.5, 0.6) is 0 Å². The van der Waals surface area contributed by atoms with Gasteiger partial charge in [-0.25, -0.2) is 15.0 Å². The number of carbonyl (C=O) groups is 1. The molecule has 0 unspecified atom stereocenters. The SMILES string of the molecule is CN1CC[C@@](O)(C#Cc2cccc(-c3ncc4c(-c5cnn(CCN)c5)cnc(N)c4n3)c2)C1=O. The maximum Gasteiger partial charge on any atom is 0.267 e. The number of anilines is 1. The van der Waals surface area contributed by atoms with Gasteiger partial charge in [-0.1, -0.05) is 24.0 Å². The van der Waals surface area contributed by atoms with Crippen molar-refractivity contribution in [2.45, 2.75) is 18.6 Å². The number of aromatic nitrogens is 5. The van der Waals surface area contributed by atoms with Gasteiger partial charge in [-0.3, -0.25) is 9.48 Å². The summed E-state index contributed by atoms with van der Waals surface area (Å²) in [5, 5.41) is 15.6. The molecular formula is C25H24N8O2. The minimum atomic E-state index is -1.65. The van der Waals surface area contributed by atoms with Gasteiger partial charge in [0.15, 0.2) is 5.82 Å². The molecule has 1 amide bonds. The molecule has 0 radical (unpaired) electrons. The van der Waals surface area contributed by atoms with Crippen molar-refractivity contribution < 1.29 is 9.90 Å². The summed E-state index contributed by atoms with van der Waals surface area (Å²) >= 11 is 0. The molecule has 35 heavy (non-hydrogen) atoms. The van der Waals surface area contributed by atoms with E-state index in [1.807, 2.05) is 24.4 Å². The smallest absolute Gasteiger partial charge is 0.267 e. The Morgan fingerprint density at radius 3 is 2.83 bits per heavy atom. The van der Waals surface area contributed by atoms with Gasteiger partial charge in [0.05, 0.1) is 12.7 Å². The third kappa shape index (κ3) is 4.19. The van der Waals surface area contributed by atoms with Crippen molar-refractivity contribution in [3.05, 3.63) is 54.6 Å². The number of rotatable bonds is 4. The zero-order chi connectivity index (χ0) is 24.6. The highest BCUT2D eigenvalue weighted by Crippen LogP contribution is 2.30. The van der Waals surface area contributed by atoms with E-state index in [0.29, 0.717) is 42.4 Å². The number of benzene rings is 1. The first-order chi connectivity index (χ1) is 16.9. The Hall–Kier alpha value is -4.33. The quantitative estimate of drug-likeness (QED) is 0.376. The number of likely N-dealkylation sites (N-methyl/N-ethyl adjacent to an activating group) is 1. The number of nitrogen functional groups attached to an aromatic ring is 1. The molecule has 0 saturated carbocycles. The fourth-order valence-corrected chi connectivity index (χ4v) is 4.05. The number of likely N-dealkylation sites (tertiary alicyclic amines) is 1. The minimum Gasteiger partial charge on any atom is -0.382 e. The summed E-state index contributed by atoms with van der Waals surface area (Å²) in [6, 6.07) is 7.30. The van der Waals surface area contributed by atoms with Crippen LogP contribution in [0.25, 0.3) is 33.4 Å². The Morgan fingerprint density at radius 1 is 1.20 bits per heavy atom. The van der Waals surface area contributed by atoms with E-state index in [0.717, 1.165) is 22.1 Å². The van der Waals surface area contributed by atoms with Crippen LogP contribution in [0.1, 0.15) is 12.0 Å². The molecular weight excluding hydrogens is 444 g/mol. The first-order valence-corrected chi connectivity index (χ1v) is 11.1. The van der Waals surface area contributed by atoms with Crippen LogP contribution in [0.15, 0.2) is 49.1 Å². The predicted octanol–water partition coefficient (Wildman–Crippen LogP) is 1.04. The van der Waals surface area contributed by atoms with E-state index in [4.69, 9.17) is 11.5 Å². The first-order valence-electron chi connectivity index (χ1n) is 11.1. The molecule has 1 aliphatic rings. The number of nitrogens with zero attached hydrogens (tertiary/aromatic N) is 6. The molecule has 1 aliphatic heterocycles. The molecule has 5 N–H and O–H groups in total. The van der Waals surface area contributed by atoms with Crippen LogP contribution in [0.3, 0.4) is 0 Å². The van der Waals surface area contributed by atoms with Gasteiger partial charge in [-0.05, 0) is 12.1 Å². The van der Waals surface area contributed by atoms with Gasteiger partial charge >= 0.3 is 0 Å². The van der Waals surface area contributed by atoms with Gasteiger partial charge in [0.25, 0.3) is 5.91 Å². The van der Waals surface area contributed by atoms with Gasteiger partial charge in [-0.15, -0.1) is 0 Å². The lowest BCUT2D eigenvalue weighted by atomic mass is 10.0. The van der Waals surface area contributed by atoms with Crippen LogP contribution >= 0.6 is 0 Å². The van der Waals surface area contributed by atoms with Crippen molar-refractivity contribution in [2.75, 3.05) is 25.9 Å². The lowest BCUT2D eigenvalue weighted by Crippen LogP contribution is -2.37. The minimum absolute atomic E-state index is 0.280. The van der Waals surface area contributed by atoms with E-state index in [1.165, 1.54) is 4.90 Å². The molecule has 1 saturated heterocycles. The lowest BCUT2D eigenvalue weighted by molar-refractivity contribution is -0.137. The van der Waals surface area contributed by atoms with E-state index in [2.05, 4.69) is 31.9 Å². The van der Waals surface area contributed by atoms with Crippen molar-refractivity contribution in [3.8, 4) is 34.4 Å². The van der Waals surface area contributed by atoms with Gasteiger partial charge < -0.3 is 21.5 Å². The van der Waals surface area contributed by atoms with Crippen molar-refractivity contribution in [1.29, 1.82) is 0 Å². The average Bonchev–Trinajstić information content (AvgIpc) is 3.44. The van der Waals surface area contributed by atoms with Crippen LogP contribution in [-0.2, 0) is 11.3 Å². The molecule has 1 aromatic carbocycles. The number of hydrogen-bond donors (Lipinski definition) is 3. The van der Waals surface area contributed by atoms with Crippen LogP contribution < -0.4 is 11.5 Å². The van der Waals surface area contributed by atoms with Crippen molar-refractivity contribution >= 4 is 22.6 Å². The van der Waals surface area contributed by atoms with Crippen molar-refractivity contribution in [3.63, 3.8) is 0 Å². The highest BCUT2D eigenvalue weighted by atomic mass is 16.3. The molecule has 5 rings (SSSR count). The van der Waals surface area contributed by atoms with E-state index in [9.17, 15) is 9.90 Å². The standard InChI is InChI=1S/C25H24N8O2/c1-32-9-7-25(35,24(32)34)6-5-16-3-2-4-17(11-16)23-29-14-20-19(13-28-22(27)21(20)31-23)18-12-30-33(15-18)10-8-26/h2-4,11-15,35H,7-10,26H2,1H3,(H2,27,28)/t25-/m0/s1. The summed E-state index contributed by atoms with van der Waals surface area (Å²) in [6.07, 6.45) is 7.34. The van der Waals surface area contributed by atoms with Crippen LogP contribution in [0.2, 0.25) is 0 Å². The molecule has 4 aromatic rings. The van der Waals surface area contributed by atoms with E-state index in [1.54, 1.807) is 36.4 Å². The average molecular weight is 469 g/mol. The largest absolute Gasteiger partial charge is 0.382 e. The molecule has 3 aromatic heterocycles. The summed E-state index contributed by atoms with van der Waals surface area (Å²) in [5.74, 6) is 6.03. The van der Waals surface area contributed by atoms with E-state index >= 15 is 0 Å². The number of fused-ring (bicyclic) bond motifs is 1. The van der Waals surface area contributed by atoms with Crippen LogP contribution in [-0.4, -0.2) is 66.4 Å². The van der Waals surface area contributed by atoms with Crippen LogP contribution in [0.4, 0.5) is 5.82 Å². The maximum absolute atomic E-state index is 12.2. The van der Waals surface area contributed by atoms with Gasteiger partial charge in [-0.2, -0.15) is 5.10 Å². The summed E-state index contributed by atoms with van der Waals surface area (Å²) in [5.41, 5.74) is 13.7. The number of pyridine rings is 1. The van der Waals surface area contributed by atoms with Gasteiger partial charge in [0.1, 0.15) is 11.3 Å². The molecule has 0 spiro atoms. The third-order valence-corrected chi connectivity index (χ3v) is 6.00. The normalized spacial score (nSPS) is 17.6. The monoisotopic (exact) mass is 468 g/mol. The van der Waals surface area contributed by atoms with Crippen molar-refractivity contribution in [2.24, 2.45) is 5.73 Å². The Morgan fingerprint density at radius 2 is 2.06 bits per heavy atom. The topological polar surface area (TPSA) is 149 Å². The number of hydrogen-bond acceptors (Lipinski definition) is 8. The maximum atomic E-state index is 12.2. The van der Waals surface area contributed by atoms with Gasteiger partial charge in [0, 0.05) is 72.8 Å². The zero-order valence-corrected chi connectivity index (χ0v) is 19.1. The summed E-state index contributed by atoms with van der Waals surface area (Å²) in [7, 11) is 1.65. The highest BCUT2D eigenvalue weighted by molar-refractivity contribution is 5.98. The summed E-state index contributed by atoms with van der Waals surface area (Å²) < 4.78 is 1.77.